The maximum absolute atomic E-state index is 16.3. The van der Waals surface area contributed by atoms with Crippen molar-refractivity contribution in [1.29, 1.82) is 0 Å². The molecule has 0 aliphatic carbocycles. The van der Waals surface area contributed by atoms with E-state index in [4.69, 9.17) is 0 Å². The van der Waals surface area contributed by atoms with Crippen LogP contribution in [0.2, 0.25) is 0 Å². The Morgan fingerprint density at radius 3 is 1.59 bits per heavy atom. The van der Waals surface area contributed by atoms with E-state index in [1.54, 1.807) is 6.92 Å². The molecule has 0 spiro atoms. The molecule has 0 radical (unpaired) electrons. The summed E-state index contributed by atoms with van der Waals surface area (Å²) in [7, 11) is -9.93. The van der Waals surface area contributed by atoms with E-state index in [1.165, 1.54) is 36.4 Å². The molecule has 146 valence electrons. The van der Waals surface area contributed by atoms with Crippen molar-refractivity contribution in [2.75, 3.05) is 0 Å². The number of sulfone groups is 2. The number of rotatable bonds is 8. The van der Waals surface area contributed by atoms with Gasteiger partial charge in [-0.3, -0.25) is 4.79 Å². The van der Waals surface area contributed by atoms with Crippen molar-refractivity contribution in [3.05, 3.63) is 60.7 Å². The van der Waals surface area contributed by atoms with E-state index in [2.05, 4.69) is 0 Å². The first kappa shape index (κ1) is 21.2. The van der Waals surface area contributed by atoms with Crippen molar-refractivity contribution in [2.24, 2.45) is 5.92 Å². The first-order chi connectivity index (χ1) is 12.6. The summed E-state index contributed by atoms with van der Waals surface area (Å²) in [6.07, 6.45) is -0.456. The maximum atomic E-state index is 16.3. The third-order valence-electron chi connectivity index (χ3n) is 4.36. The molecule has 0 heterocycles. The summed E-state index contributed by atoms with van der Waals surface area (Å²) in [5.74, 6) is -2.02. The molecule has 1 atom stereocenters. The summed E-state index contributed by atoms with van der Waals surface area (Å²) in [6.45, 7) is 2.68. The number of hydrogen-bond acceptors (Lipinski definition) is 5. The highest BCUT2D eigenvalue weighted by atomic mass is 32.3. The fourth-order valence-corrected chi connectivity index (χ4v) is 7.44. The van der Waals surface area contributed by atoms with E-state index < -0.39 is 51.9 Å². The number of Topliss-reactive ketones (excluding diaryl/α,β-unsaturated/α-hetero) is 1. The van der Waals surface area contributed by atoms with Crippen LogP contribution in [0.3, 0.4) is 0 Å². The number of alkyl halides is 1. The largest absolute Gasteiger partial charge is 0.320 e. The lowest BCUT2D eigenvalue weighted by atomic mass is 10.0. The van der Waals surface area contributed by atoms with E-state index in [9.17, 15) is 21.6 Å². The Morgan fingerprint density at radius 1 is 0.889 bits per heavy atom. The second-order valence-electron chi connectivity index (χ2n) is 6.21. The second kappa shape index (κ2) is 7.90. The average molecular weight is 413 g/mol. The zero-order valence-corrected chi connectivity index (χ0v) is 16.6. The lowest BCUT2D eigenvalue weighted by Gasteiger charge is -2.30. The van der Waals surface area contributed by atoms with Crippen LogP contribution in [0.25, 0.3) is 0 Å². The Balaban J connectivity index is 2.75. The monoisotopic (exact) mass is 412 g/mol. The molecule has 5 nitrogen and oxygen atoms in total. The highest BCUT2D eigenvalue weighted by Gasteiger charge is 2.61. The predicted molar refractivity (Wildman–Crippen MR) is 100 cm³/mol. The molecule has 0 N–H and O–H groups in total. The lowest BCUT2D eigenvalue weighted by Crippen LogP contribution is -2.48. The topological polar surface area (TPSA) is 85.3 Å². The molecule has 0 saturated carbocycles. The standard InChI is InChI=1S/C19H21FO5S2/c1-3-16(21)14-15(2)19(20,26(22,23)17-10-6-4-7-11-17)27(24,25)18-12-8-5-9-13-18/h4-13,15H,3,14H2,1-2H3/t15-/m0/s1. The predicted octanol–water partition coefficient (Wildman–Crippen LogP) is 3.56. The molecular weight excluding hydrogens is 391 g/mol. The molecule has 2 rings (SSSR count). The smallest absolute Gasteiger partial charge is 0.300 e. The van der Waals surface area contributed by atoms with Gasteiger partial charge in [0.2, 0.25) is 19.7 Å². The van der Waals surface area contributed by atoms with Crippen LogP contribution in [-0.4, -0.2) is 27.0 Å². The van der Waals surface area contributed by atoms with Gasteiger partial charge in [-0.2, -0.15) is 0 Å². The SMILES string of the molecule is CCC(=O)C[C@H](C)C(F)(S(=O)(=O)c1ccccc1)S(=O)(=O)c1ccccc1. The Labute approximate surface area is 159 Å². The quantitative estimate of drug-likeness (QED) is 0.662. The normalized spacial score (nSPS) is 13.9. The second-order valence-corrected chi connectivity index (χ2v) is 10.6. The molecule has 0 aliphatic heterocycles. The Hall–Kier alpha value is -2.06. The van der Waals surface area contributed by atoms with Crippen LogP contribution in [0.4, 0.5) is 4.39 Å². The summed E-state index contributed by atoms with van der Waals surface area (Å²) in [4.78, 5) is 10.9. The molecule has 0 aliphatic rings. The van der Waals surface area contributed by atoms with Crippen LogP contribution in [0.15, 0.2) is 70.5 Å². The van der Waals surface area contributed by atoms with Gasteiger partial charge in [0.25, 0.3) is 0 Å². The summed E-state index contributed by atoms with van der Waals surface area (Å²) < 4.78 is 65.1. The Kier molecular flexibility index (Phi) is 6.21. The summed E-state index contributed by atoms with van der Waals surface area (Å²) in [6, 6.07) is 13.1. The molecule has 0 saturated heterocycles. The van der Waals surface area contributed by atoms with Crippen molar-refractivity contribution >= 4 is 25.5 Å². The van der Waals surface area contributed by atoms with Crippen molar-refractivity contribution < 1.29 is 26.0 Å². The molecular formula is C19H21FO5S2. The highest BCUT2D eigenvalue weighted by Crippen LogP contribution is 2.44. The fraction of sp³-hybridized carbons (Fsp3) is 0.316. The fourth-order valence-electron chi connectivity index (χ4n) is 2.80. The van der Waals surface area contributed by atoms with Gasteiger partial charge in [0, 0.05) is 18.8 Å². The molecule has 2 aromatic carbocycles. The van der Waals surface area contributed by atoms with E-state index in [0.717, 1.165) is 31.2 Å². The van der Waals surface area contributed by atoms with Crippen LogP contribution in [0, 0.1) is 5.92 Å². The first-order valence-electron chi connectivity index (χ1n) is 8.39. The van der Waals surface area contributed by atoms with Crippen LogP contribution < -0.4 is 0 Å². The van der Waals surface area contributed by atoms with E-state index >= 15 is 4.39 Å². The minimum absolute atomic E-state index is 0.0528. The van der Waals surface area contributed by atoms with Gasteiger partial charge in [0.05, 0.1) is 9.79 Å². The van der Waals surface area contributed by atoms with Crippen LogP contribution in [-0.2, 0) is 24.5 Å². The van der Waals surface area contributed by atoms with Gasteiger partial charge in [0.1, 0.15) is 5.78 Å². The average Bonchev–Trinajstić information content (AvgIpc) is 2.68. The molecule has 0 amide bonds. The van der Waals surface area contributed by atoms with Crippen molar-refractivity contribution in [3.8, 4) is 0 Å². The molecule has 0 fully saturated rings. The third-order valence-corrected chi connectivity index (χ3v) is 9.73. The van der Waals surface area contributed by atoms with Gasteiger partial charge >= 0.3 is 4.33 Å². The van der Waals surface area contributed by atoms with Gasteiger partial charge in [-0.25, -0.2) is 21.2 Å². The molecule has 27 heavy (non-hydrogen) atoms. The van der Waals surface area contributed by atoms with Crippen molar-refractivity contribution in [3.63, 3.8) is 0 Å². The van der Waals surface area contributed by atoms with Crippen LogP contribution >= 0.6 is 0 Å². The molecule has 2 aromatic rings. The highest BCUT2D eigenvalue weighted by molar-refractivity contribution is 8.10. The molecule has 0 unspecified atom stereocenters. The van der Waals surface area contributed by atoms with E-state index in [0.29, 0.717) is 0 Å². The third kappa shape index (κ3) is 3.68. The minimum atomic E-state index is -4.97. The van der Waals surface area contributed by atoms with E-state index in [-0.39, 0.29) is 6.42 Å². The van der Waals surface area contributed by atoms with Gasteiger partial charge < -0.3 is 0 Å². The van der Waals surface area contributed by atoms with Crippen molar-refractivity contribution in [1.82, 2.24) is 0 Å². The number of hydrogen-bond donors (Lipinski definition) is 0. The summed E-state index contributed by atoms with van der Waals surface area (Å²) in [5, 5.41) is 0. The molecule has 8 heteroatoms. The molecule has 0 aromatic heterocycles. The molecule has 0 bridgehead atoms. The number of carbonyl (C=O) groups excluding carboxylic acids is 1. The Morgan fingerprint density at radius 2 is 1.26 bits per heavy atom. The zero-order chi connectivity index (χ0) is 20.3. The number of halogens is 1. The van der Waals surface area contributed by atoms with Crippen LogP contribution in [0.1, 0.15) is 26.7 Å². The summed E-state index contributed by atoms with van der Waals surface area (Å²) >= 11 is 0. The van der Waals surface area contributed by atoms with Crippen LogP contribution in [0.5, 0.6) is 0 Å². The van der Waals surface area contributed by atoms with Gasteiger partial charge in [-0.15, -0.1) is 0 Å². The zero-order valence-electron chi connectivity index (χ0n) is 15.0. The van der Waals surface area contributed by atoms with Gasteiger partial charge in [-0.1, -0.05) is 50.2 Å². The number of ketones is 1. The lowest BCUT2D eigenvalue weighted by molar-refractivity contribution is -0.119. The number of carbonyl (C=O) groups is 1. The first-order valence-corrected chi connectivity index (χ1v) is 11.4. The van der Waals surface area contributed by atoms with Crippen molar-refractivity contribution in [2.45, 2.75) is 40.8 Å². The summed E-state index contributed by atoms with van der Waals surface area (Å²) in [5.41, 5.74) is 0. The van der Waals surface area contributed by atoms with E-state index in [1.807, 2.05) is 0 Å². The number of benzene rings is 2. The maximum Gasteiger partial charge on any atom is 0.320 e. The Bertz CT molecular complexity index is 931. The minimum Gasteiger partial charge on any atom is -0.300 e. The van der Waals surface area contributed by atoms with Gasteiger partial charge in [-0.05, 0) is 24.3 Å². The van der Waals surface area contributed by atoms with Gasteiger partial charge in [0.15, 0.2) is 0 Å².